The summed E-state index contributed by atoms with van der Waals surface area (Å²) in [6.07, 6.45) is 0. The van der Waals surface area contributed by atoms with E-state index in [1.54, 1.807) is 12.1 Å². The lowest BCUT2D eigenvalue weighted by molar-refractivity contribution is 0.171. The molecule has 0 spiro atoms. The summed E-state index contributed by atoms with van der Waals surface area (Å²) >= 11 is 5.81. The molecular weight excluding hydrogens is 464 g/mol. The van der Waals surface area contributed by atoms with Gasteiger partial charge in [-0.15, -0.1) is 0 Å². The third kappa shape index (κ3) is 4.87. The van der Waals surface area contributed by atoms with Crippen LogP contribution in [0.15, 0.2) is 76.5 Å². The Morgan fingerprint density at radius 2 is 1.29 bits per heavy atom. The fourth-order valence-corrected chi connectivity index (χ4v) is 5.16. The van der Waals surface area contributed by atoms with E-state index in [0.29, 0.717) is 35.4 Å². The molecule has 0 unspecified atom stereocenters. The first kappa shape index (κ1) is 21.3. The maximum absolute atomic E-state index is 12.8. The number of rotatable bonds is 6. The number of ether oxygens (including phenoxy) is 2. The predicted octanol–water partition coefficient (Wildman–Crippen LogP) is 3.71. The minimum Gasteiger partial charge on any atom is -0.486 e. The van der Waals surface area contributed by atoms with Gasteiger partial charge in [0.2, 0.25) is 0 Å². The van der Waals surface area contributed by atoms with Crippen molar-refractivity contribution in [1.82, 2.24) is 0 Å². The monoisotopic (exact) mass is 480 g/mol. The van der Waals surface area contributed by atoms with Crippen molar-refractivity contribution in [1.29, 1.82) is 0 Å². The molecule has 0 aromatic heterocycles. The van der Waals surface area contributed by atoms with Crippen molar-refractivity contribution < 1.29 is 26.3 Å². The minimum atomic E-state index is -3.99. The average molecular weight is 481 g/mol. The molecule has 0 aliphatic carbocycles. The summed E-state index contributed by atoms with van der Waals surface area (Å²) < 4.78 is 66.6. The lowest BCUT2D eigenvalue weighted by Gasteiger charge is -2.19. The second-order valence-corrected chi connectivity index (χ2v) is 10.4. The van der Waals surface area contributed by atoms with Crippen molar-refractivity contribution in [3.63, 3.8) is 0 Å². The van der Waals surface area contributed by atoms with E-state index >= 15 is 0 Å². The average Bonchev–Trinajstić information content (AvgIpc) is 2.75. The number of halogens is 1. The summed E-state index contributed by atoms with van der Waals surface area (Å²) in [7, 11) is -7.93. The van der Waals surface area contributed by atoms with Crippen LogP contribution in [0.3, 0.4) is 0 Å². The van der Waals surface area contributed by atoms with Gasteiger partial charge in [0.15, 0.2) is 11.5 Å². The number of benzene rings is 3. The summed E-state index contributed by atoms with van der Waals surface area (Å²) in [6, 6.07) is 15.9. The highest BCUT2D eigenvalue weighted by Crippen LogP contribution is 2.33. The van der Waals surface area contributed by atoms with Crippen LogP contribution in [0.4, 0.5) is 11.4 Å². The molecule has 1 aliphatic heterocycles. The van der Waals surface area contributed by atoms with Crippen LogP contribution in [0.25, 0.3) is 0 Å². The van der Waals surface area contributed by atoms with Gasteiger partial charge in [-0.05, 0) is 54.6 Å². The molecule has 2 N–H and O–H groups in total. The van der Waals surface area contributed by atoms with Crippen molar-refractivity contribution in [3.8, 4) is 11.5 Å². The third-order valence-electron chi connectivity index (χ3n) is 4.32. The zero-order valence-corrected chi connectivity index (χ0v) is 18.3. The van der Waals surface area contributed by atoms with E-state index in [1.807, 2.05) is 0 Å². The molecule has 1 aliphatic rings. The van der Waals surface area contributed by atoms with Crippen LogP contribution in [0.2, 0.25) is 5.02 Å². The molecule has 0 atom stereocenters. The molecule has 3 aromatic rings. The Balaban J connectivity index is 1.57. The summed E-state index contributed by atoms with van der Waals surface area (Å²) in [5, 5.41) is 0.471. The van der Waals surface area contributed by atoms with E-state index < -0.39 is 20.0 Å². The number of hydrogen-bond donors (Lipinski definition) is 2. The molecule has 11 heteroatoms. The molecule has 0 amide bonds. The van der Waals surface area contributed by atoms with E-state index in [0.717, 1.165) is 0 Å². The van der Waals surface area contributed by atoms with Gasteiger partial charge in [0.25, 0.3) is 20.0 Å². The van der Waals surface area contributed by atoms with Crippen molar-refractivity contribution >= 4 is 43.0 Å². The molecule has 0 fully saturated rings. The van der Waals surface area contributed by atoms with Gasteiger partial charge in [-0.3, -0.25) is 9.44 Å². The van der Waals surface area contributed by atoms with Gasteiger partial charge in [-0.2, -0.15) is 0 Å². The molecule has 1 heterocycles. The summed E-state index contributed by atoms with van der Waals surface area (Å²) in [4.78, 5) is -0.144. The Kier molecular flexibility index (Phi) is 5.69. The summed E-state index contributed by atoms with van der Waals surface area (Å²) in [6.45, 7) is 0.715. The fourth-order valence-electron chi connectivity index (χ4n) is 2.86. The van der Waals surface area contributed by atoms with Crippen molar-refractivity contribution in [2.24, 2.45) is 0 Å². The Morgan fingerprint density at radius 1 is 0.677 bits per heavy atom. The van der Waals surface area contributed by atoms with Crippen LogP contribution in [0.1, 0.15) is 0 Å². The van der Waals surface area contributed by atoms with Gasteiger partial charge in [-0.1, -0.05) is 17.7 Å². The van der Waals surface area contributed by atoms with Gasteiger partial charge < -0.3 is 9.47 Å². The second-order valence-electron chi connectivity index (χ2n) is 6.55. The Morgan fingerprint density at radius 3 is 2.00 bits per heavy atom. The van der Waals surface area contributed by atoms with E-state index in [2.05, 4.69) is 9.44 Å². The largest absolute Gasteiger partial charge is 0.486 e. The predicted molar refractivity (Wildman–Crippen MR) is 117 cm³/mol. The third-order valence-corrected chi connectivity index (χ3v) is 7.33. The molecule has 162 valence electrons. The van der Waals surface area contributed by atoms with Crippen LogP contribution < -0.4 is 18.9 Å². The lowest BCUT2D eigenvalue weighted by atomic mass is 10.3. The molecule has 8 nitrogen and oxygen atoms in total. The van der Waals surface area contributed by atoms with Crippen molar-refractivity contribution in [2.75, 3.05) is 22.7 Å². The Hall–Kier alpha value is -2.95. The smallest absolute Gasteiger partial charge is 0.262 e. The molecule has 0 saturated heterocycles. The highest BCUT2D eigenvalue weighted by molar-refractivity contribution is 7.93. The Bertz CT molecular complexity index is 1330. The van der Waals surface area contributed by atoms with Crippen molar-refractivity contribution in [2.45, 2.75) is 9.79 Å². The van der Waals surface area contributed by atoms with E-state index in [4.69, 9.17) is 21.1 Å². The number of sulfonamides is 2. The van der Waals surface area contributed by atoms with Gasteiger partial charge in [0, 0.05) is 16.8 Å². The zero-order chi connectivity index (χ0) is 22.1. The maximum Gasteiger partial charge on any atom is 0.262 e. The summed E-state index contributed by atoms with van der Waals surface area (Å²) in [5.41, 5.74) is 0.417. The number of nitrogens with one attached hydrogen (secondary N) is 2. The first-order chi connectivity index (χ1) is 14.7. The lowest BCUT2D eigenvalue weighted by Crippen LogP contribution is -2.18. The SMILES string of the molecule is O=S(=O)(Nc1ccc(Cl)cc1)c1cccc(NS(=O)(=O)c2ccc3c(c2)OCCO3)c1. The number of hydrogen-bond acceptors (Lipinski definition) is 6. The normalized spacial score (nSPS) is 13.5. The fraction of sp³-hybridized carbons (Fsp3) is 0.100. The zero-order valence-electron chi connectivity index (χ0n) is 15.9. The maximum atomic E-state index is 12.8. The molecule has 0 saturated carbocycles. The van der Waals surface area contributed by atoms with Gasteiger partial charge in [0.05, 0.1) is 15.5 Å². The van der Waals surface area contributed by atoms with Crippen LogP contribution in [0, 0.1) is 0 Å². The molecule has 3 aromatic carbocycles. The van der Waals surface area contributed by atoms with Crippen LogP contribution in [-0.4, -0.2) is 30.0 Å². The molecule has 4 rings (SSSR count). The van der Waals surface area contributed by atoms with E-state index in [-0.39, 0.29) is 15.5 Å². The van der Waals surface area contributed by atoms with E-state index in [9.17, 15) is 16.8 Å². The minimum absolute atomic E-state index is 0.0377. The molecular formula is C20H17ClN2O6S2. The first-order valence-electron chi connectivity index (χ1n) is 9.04. The second kappa shape index (κ2) is 8.29. The van der Waals surface area contributed by atoms with Gasteiger partial charge in [0.1, 0.15) is 13.2 Å². The molecule has 31 heavy (non-hydrogen) atoms. The van der Waals surface area contributed by atoms with Crippen LogP contribution >= 0.6 is 11.6 Å². The highest BCUT2D eigenvalue weighted by Gasteiger charge is 2.21. The standard InChI is InChI=1S/C20H17ClN2O6S2/c21-14-4-6-15(7-5-14)22-30(24,25)17-3-1-2-16(12-17)23-31(26,27)18-8-9-19-20(13-18)29-11-10-28-19/h1-9,12-13,22-23H,10-11H2. The quantitative estimate of drug-likeness (QED) is 0.556. The van der Waals surface area contributed by atoms with Crippen LogP contribution in [0.5, 0.6) is 11.5 Å². The first-order valence-corrected chi connectivity index (χ1v) is 12.4. The molecule has 0 radical (unpaired) electrons. The molecule has 0 bridgehead atoms. The number of fused-ring (bicyclic) bond motifs is 1. The summed E-state index contributed by atoms with van der Waals surface area (Å²) in [5.74, 6) is 0.796. The van der Waals surface area contributed by atoms with Gasteiger partial charge >= 0.3 is 0 Å². The van der Waals surface area contributed by atoms with Gasteiger partial charge in [-0.25, -0.2) is 16.8 Å². The highest BCUT2D eigenvalue weighted by atomic mass is 35.5. The topological polar surface area (TPSA) is 111 Å². The van der Waals surface area contributed by atoms with Crippen LogP contribution in [-0.2, 0) is 20.0 Å². The number of anilines is 2. The Labute approximate surface area is 184 Å². The van der Waals surface area contributed by atoms with Crippen molar-refractivity contribution in [3.05, 3.63) is 71.8 Å². The van der Waals surface area contributed by atoms with E-state index in [1.165, 1.54) is 54.6 Å².